The van der Waals surface area contributed by atoms with Gasteiger partial charge in [-0.25, -0.2) is 4.79 Å². The van der Waals surface area contributed by atoms with Crippen LogP contribution in [-0.2, 0) is 16.1 Å². The Morgan fingerprint density at radius 1 is 1.41 bits per heavy atom. The standard InChI is InChI=1S/C15H17N3O4/c1-11(18-7-3-6-17-18)15(21)16-9-12-4-2-5-13(8-12)22-10-14(19)20/h2-8,11H,9-10H2,1H3,(H,16,21)(H,19,20). The number of hydrogen-bond donors (Lipinski definition) is 2. The van der Waals surface area contributed by atoms with Gasteiger partial charge in [-0.05, 0) is 30.7 Å². The van der Waals surface area contributed by atoms with Crippen molar-refractivity contribution in [2.24, 2.45) is 0 Å². The SMILES string of the molecule is CC(C(=O)NCc1cccc(OCC(=O)O)c1)n1cccn1. The van der Waals surface area contributed by atoms with Crippen LogP contribution in [0, 0.1) is 0 Å². The summed E-state index contributed by atoms with van der Waals surface area (Å²) in [5.74, 6) is -0.735. The molecule has 1 aromatic heterocycles. The van der Waals surface area contributed by atoms with Gasteiger partial charge >= 0.3 is 5.97 Å². The number of nitrogens with zero attached hydrogens (tertiary/aromatic N) is 2. The van der Waals surface area contributed by atoms with Crippen LogP contribution in [0.5, 0.6) is 5.75 Å². The summed E-state index contributed by atoms with van der Waals surface area (Å²) in [7, 11) is 0. The largest absolute Gasteiger partial charge is 0.482 e. The smallest absolute Gasteiger partial charge is 0.341 e. The summed E-state index contributed by atoms with van der Waals surface area (Å²) in [6.45, 7) is 1.69. The second-order valence-electron chi connectivity index (χ2n) is 4.71. The number of carbonyl (C=O) groups excluding carboxylic acids is 1. The predicted molar refractivity (Wildman–Crippen MR) is 78.4 cm³/mol. The van der Waals surface area contributed by atoms with E-state index in [0.717, 1.165) is 5.56 Å². The molecule has 1 amide bonds. The first-order valence-electron chi connectivity index (χ1n) is 6.76. The number of ether oxygens (including phenoxy) is 1. The molecule has 1 heterocycles. The molecular formula is C15H17N3O4. The first-order valence-corrected chi connectivity index (χ1v) is 6.76. The summed E-state index contributed by atoms with van der Waals surface area (Å²) in [5, 5.41) is 15.4. The molecule has 0 bridgehead atoms. The molecule has 0 saturated carbocycles. The zero-order valence-electron chi connectivity index (χ0n) is 12.1. The van der Waals surface area contributed by atoms with Gasteiger partial charge in [0.1, 0.15) is 11.8 Å². The molecule has 7 heteroatoms. The zero-order chi connectivity index (χ0) is 15.9. The van der Waals surface area contributed by atoms with E-state index in [0.29, 0.717) is 12.3 Å². The van der Waals surface area contributed by atoms with Crippen LogP contribution in [0.15, 0.2) is 42.7 Å². The minimum absolute atomic E-state index is 0.152. The second-order valence-corrected chi connectivity index (χ2v) is 4.71. The van der Waals surface area contributed by atoms with Crippen LogP contribution in [0.4, 0.5) is 0 Å². The maximum absolute atomic E-state index is 12.0. The Bertz CT molecular complexity index is 640. The van der Waals surface area contributed by atoms with Gasteiger partial charge in [0.2, 0.25) is 5.91 Å². The van der Waals surface area contributed by atoms with Crippen molar-refractivity contribution in [2.75, 3.05) is 6.61 Å². The maximum atomic E-state index is 12.0. The molecule has 0 aliphatic carbocycles. The minimum atomic E-state index is -1.04. The van der Waals surface area contributed by atoms with Crippen molar-refractivity contribution in [1.82, 2.24) is 15.1 Å². The van der Waals surface area contributed by atoms with Gasteiger partial charge in [0.05, 0.1) is 0 Å². The average Bonchev–Trinajstić information content (AvgIpc) is 3.04. The van der Waals surface area contributed by atoms with Crippen LogP contribution < -0.4 is 10.1 Å². The molecule has 2 N–H and O–H groups in total. The molecular weight excluding hydrogens is 286 g/mol. The van der Waals surface area contributed by atoms with Gasteiger partial charge in [-0.15, -0.1) is 0 Å². The molecule has 1 atom stereocenters. The summed E-state index contributed by atoms with van der Waals surface area (Å²) in [6, 6.07) is 8.29. The van der Waals surface area contributed by atoms with Gasteiger partial charge in [0, 0.05) is 18.9 Å². The fraction of sp³-hybridized carbons (Fsp3) is 0.267. The molecule has 0 aliphatic rings. The van der Waals surface area contributed by atoms with Gasteiger partial charge in [0.15, 0.2) is 6.61 Å². The van der Waals surface area contributed by atoms with Crippen LogP contribution >= 0.6 is 0 Å². The summed E-state index contributed by atoms with van der Waals surface area (Å²) in [5.41, 5.74) is 0.823. The molecule has 0 fully saturated rings. The van der Waals surface area contributed by atoms with Crippen molar-refractivity contribution in [1.29, 1.82) is 0 Å². The number of rotatable bonds is 7. The number of aromatic nitrogens is 2. The van der Waals surface area contributed by atoms with E-state index in [1.807, 2.05) is 6.07 Å². The van der Waals surface area contributed by atoms with Crippen LogP contribution in [0.1, 0.15) is 18.5 Å². The molecule has 0 aliphatic heterocycles. The highest BCUT2D eigenvalue weighted by Crippen LogP contribution is 2.13. The lowest BCUT2D eigenvalue weighted by Crippen LogP contribution is -2.30. The Hall–Kier alpha value is -2.83. The van der Waals surface area contributed by atoms with E-state index in [9.17, 15) is 9.59 Å². The van der Waals surface area contributed by atoms with Gasteiger partial charge in [0.25, 0.3) is 0 Å². The Morgan fingerprint density at radius 2 is 2.23 bits per heavy atom. The summed E-state index contributed by atoms with van der Waals surface area (Å²) >= 11 is 0. The number of carbonyl (C=O) groups is 2. The third-order valence-electron chi connectivity index (χ3n) is 3.03. The molecule has 2 aromatic rings. The fourth-order valence-electron chi connectivity index (χ4n) is 1.86. The molecule has 0 spiro atoms. The van der Waals surface area contributed by atoms with Crippen molar-refractivity contribution >= 4 is 11.9 Å². The van der Waals surface area contributed by atoms with Crippen LogP contribution in [-0.4, -0.2) is 33.4 Å². The van der Waals surface area contributed by atoms with Crippen LogP contribution in [0.25, 0.3) is 0 Å². The van der Waals surface area contributed by atoms with E-state index in [-0.39, 0.29) is 5.91 Å². The van der Waals surface area contributed by atoms with E-state index in [2.05, 4.69) is 10.4 Å². The highest BCUT2D eigenvalue weighted by Gasteiger charge is 2.14. The zero-order valence-corrected chi connectivity index (χ0v) is 12.1. The topological polar surface area (TPSA) is 93.5 Å². The molecule has 7 nitrogen and oxygen atoms in total. The van der Waals surface area contributed by atoms with Gasteiger partial charge in [-0.2, -0.15) is 5.10 Å². The molecule has 0 saturated heterocycles. The average molecular weight is 303 g/mol. The predicted octanol–water partition coefficient (Wildman–Crippen LogP) is 1.22. The number of carboxylic acid groups (broad SMARTS) is 1. The van der Waals surface area contributed by atoms with Crippen molar-refractivity contribution < 1.29 is 19.4 Å². The molecule has 1 aromatic carbocycles. The summed E-state index contributed by atoms with van der Waals surface area (Å²) < 4.78 is 6.67. The molecule has 0 radical (unpaired) electrons. The highest BCUT2D eigenvalue weighted by molar-refractivity contribution is 5.79. The Morgan fingerprint density at radius 3 is 2.91 bits per heavy atom. The fourth-order valence-corrected chi connectivity index (χ4v) is 1.86. The quantitative estimate of drug-likeness (QED) is 0.802. The van der Waals surface area contributed by atoms with Crippen molar-refractivity contribution in [3.63, 3.8) is 0 Å². The number of benzene rings is 1. The number of amides is 1. The first-order chi connectivity index (χ1) is 10.6. The Kier molecular flexibility index (Phi) is 5.13. The van der Waals surface area contributed by atoms with Gasteiger partial charge < -0.3 is 15.2 Å². The molecule has 22 heavy (non-hydrogen) atoms. The van der Waals surface area contributed by atoms with Crippen molar-refractivity contribution in [3.8, 4) is 5.75 Å². The van der Waals surface area contributed by atoms with Gasteiger partial charge in [-0.3, -0.25) is 9.48 Å². The number of carboxylic acids is 1. The first kappa shape index (κ1) is 15.6. The van der Waals surface area contributed by atoms with E-state index >= 15 is 0 Å². The summed E-state index contributed by atoms with van der Waals surface area (Å²) in [6.07, 6.45) is 3.34. The molecule has 116 valence electrons. The third kappa shape index (κ3) is 4.34. The van der Waals surface area contributed by atoms with Crippen molar-refractivity contribution in [3.05, 3.63) is 48.3 Å². The minimum Gasteiger partial charge on any atom is -0.482 e. The van der Waals surface area contributed by atoms with E-state index in [1.54, 1.807) is 48.3 Å². The highest BCUT2D eigenvalue weighted by atomic mass is 16.5. The molecule has 1 unspecified atom stereocenters. The Balaban J connectivity index is 1.89. The van der Waals surface area contributed by atoms with E-state index in [4.69, 9.17) is 9.84 Å². The van der Waals surface area contributed by atoms with Gasteiger partial charge in [-0.1, -0.05) is 12.1 Å². The van der Waals surface area contributed by atoms with Crippen LogP contribution in [0.3, 0.4) is 0 Å². The second kappa shape index (κ2) is 7.26. The lowest BCUT2D eigenvalue weighted by Gasteiger charge is -2.13. The number of aliphatic carboxylic acids is 1. The van der Waals surface area contributed by atoms with Crippen molar-refractivity contribution in [2.45, 2.75) is 19.5 Å². The Labute approximate surface area is 127 Å². The lowest BCUT2D eigenvalue weighted by atomic mass is 10.2. The number of nitrogens with one attached hydrogen (secondary N) is 1. The number of hydrogen-bond acceptors (Lipinski definition) is 4. The lowest BCUT2D eigenvalue weighted by molar-refractivity contribution is -0.139. The van der Waals surface area contributed by atoms with E-state index in [1.165, 1.54) is 0 Å². The monoisotopic (exact) mass is 303 g/mol. The van der Waals surface area contributed by atoms with Crippen LogP contribution in [0.2, 0.25) is 0 Å². The molecule has 2 rings (SSSR count). The summed E-state index contributed by atoms with van der Waals surface area (Å²) in [4.78, 5) is 22.5. The normalized spacial score (nSPS) is 11.7. The third-order valence-corrected chi connectivity index (χ3v) is 3.03. The van der Waals surface area contributed by atoms with E-state index < -0.39 is 18.6 Å². The maximum Gasteiger partial charge on any atom is 0.341 e.